The highest BCUT2D eigenvalue weighted by molar-refractivity contribution is 8.00. The number of carbonyl (C=O) groups is 2. The highest BCUT2D eigenvalue weighted by atomic mass is 32.2. The molecular formula is C13H22N2O3S2. The summed E-state index contributed by atoms with van der Waals surface area (Å²) in [6.45, 7) is 2.69. The molecule has 20 heavy (non-hydrogen) atoms. The predicted octanol–water partition coefficient (Wildman–Crippen LogP) is 1.93. The van der Waals surface area contributed by atoms with E-state index in [1.807, 2.05) is 6.26 Å². The first-order valence-corrected chi connectivity index (χ1v) is 9.38. The lowest BCUT2D eigenvalue weighted by Crippen LogP contribution is -2.51. The quantitative estimate of drug-likeness (QED) is 0.783. The standard InChI is InChI=1S/C13H22N2O3S2/c1-8(6-19-2)5-14-13(18)15-10(12(16)17)7-20-11(15)9-3-4-9/h8-11H,3-7H2,1-2H3,(H,14,18)(H,16,17). The Morgan fingerprint density at radius 2 is 2.20 bits per heavy atom. The number of carboxylic acid groups (broad SMARTS) is 1. The summed E-state index contributed by atoms with van der Waals surface area (Å²) in [6.07, 6.45) is 4.26. The van der Waals surface area contributed by atoms with Gasteiger partial charge in [0.15, 0.2) is 0 Å². The number of nitrogens with zero attached hydrogens (tertiary/aromatic N) is 1. The minimum atomic E-state index is -0.895. The van der Waals surface area contributed by atoms with Crippen molar-refractivity contribution in [2.75, 3.05) is 24.3 Å². The van der Waals surface area contributed by atoms with E-state index in [4.69, 9.17) is 0 Å². The molecule has 0 spiro atoms. The third-order valence-electron chi connectivity index (χ3n) is 3.63. The summed E-state index contributed by atoms with van der Waals surface area (Å²) in [6, 6.07) is -0.895. The van der Waals surface area contributed by atoms with E-state index < -0.39 is 12.0 Å². The molecule has 2 N–H and O–H groups in total. The molecule has 2 amide bonds. The minimum Gasteiger partial charge on any atom is -0.480 e. The van der Waals surface area contributed by atoms with Gasteiger partial charge in [0.1, 0.15) is 6.04 Å². The summed E-state index contributed by atoms with van der Waals surface area (Å²) in [5.41, 5.74) is 0. The van der Waals surface area contributed by atoms with Gasteiger partial charge in [-0.05, 0) is 36.7 Å². The Morgan fingerprint density at radius 1 is 1.50 bits per heavy atom. The number of amides is 2. The number of thioether (sulfide) groups is 2. The smallest absolute Gasteiger partial charge is 0.327 e. The maximum Gasteiger partial charge on any atom is 0.327 e. The van der Waals surface area contributed by atoms with Crippen molar-refractivity contribution in [2.24, 2.45) is 11.8 Å². The molecule has 0 bridgehead atoms. The van der Waals surface area contributed by atoms with Crippen LogP contribution in [0, 0.1) is 11.8 Å². The average molecular weight is 318 g/mol. The van der Waals surface area contributed by atoms with Gasteiger partial charge in [-0.25, -0.2) is 9.59 Å². The van der Waals surface area contributed by atoms with Crippen LogP contribution in [0.4, 0.5) is 4.79 Å². The molecule has 0 aromatic rings. The van der Waals surface area contributed by atoms with Crippen molar-refractivity contribution in [1.82, 2.24) is 10.2 Å². The highest BCUT2D eigenvalue weighted by Gasteiger charge is 2.48. The second kappa shape index (κ2) is 6.93. The van der Waals surface area contributed by atoms with E-state index in [9.17, 15) is 14.7 Å². The summed E-state index contributed by atoms with van der Waals surface area (Å²) in [5, 5.41) is 12.2. The van der Waals surface area contributed by atoms with Crippen LogP contribution in [-0.4, -0.2) is 57.7 Å². The molecule has 0 aromatic heterocycles. The van der Waals surface area contributed by atoms with Crippen molar-refractivity contribution in [3.63, 3.8) is 0 Å². The van der Waals surface area contributed by atoms with Gasteiger partial charge in [-0.3, -0.25) is 4.90 Å². The van der Waals surface area contributed by atoms with Gasteiger partial charge < -0.3 is 10.4 Å². The zero-order valence-electron chi connectivity index (χ0n) is 11.9. The molecule has 1 aliphatic carbocycles. The van der Waals surface area contributed by atoms with Gasteiger partial charge >= 0.3 is 12.0 Å². The number of aliphatic carboxylic acids is 1. The zero-order chi connectivity index (χ0) is 14.7. The first-order chi connectivity index (χ1) is 9.54. The molecule has 0 aromatic carbocycles. The van der Waals surface area contributed by atoms with Gasteiger partial charge in [-0.1, -0.05) is 6.92 Å². The first-order valence-electron chi connectivity index (χ1n) is 6.94. The van der Waals surface area contributed by atoms with Crippen molar-refractivity contribution in [2.45, 2.75) is 31.2 Å². The number of urea groups is 1. The lowest BCUT2D eigenvalue weighted by Gasteiger charge is -2.28. The van der Waals surface area contributed by atoms with Gasteiger partial charge in [0, 0.05) is 12.3 Å². The number of carbonyl (C=O) groups excluding carboxylic acids is 1. The molecule has 5 nitrogen and oxygen atoms in total. The van der Waals surface area contributed by atoms with E-state index in [0.29, 0.717) is 24.1 Å². The second-order valence-electron chi connectivity index (χ2n) is 5.57. The van der Waals surface area contributed by atoms with E-state index in [1.165, 1.54) is 0 Å². The normalized spacial score (nSPS) is 27.4. The number of carboxylic acids is 1. The fourth-order valence-electron chi connectivity index (χ4n) is 2.42. The van der Waals surface area contributed by atoms with Crippen LogP contribution in [0.2, 0.25) is 0 Å². The second-order valence-corrected chi connectivity index (χ2v) is 7.63. The molecule has 2 rings (SSSR count). The van der Waals surface area contributed by atoms with E-state index in [1.54, 1.807) is 28.4 Å². The molecule has 1 heterocycles. The molecule has 1 saturated carbocycles. The van der Waals surface area contributed by atoms with Crippen molar-refractivity contribution in [3.05, 3.63) is 0 Å². The Bertz CT molecular complexity index is 377. The van der Waals surface area contributed by atoms with Crippen LogP contribution in [0.1, 0.15) is 19.8 Å². The average Bonchev–Trinajstić information content (AvgIpc) is 3.14. The molecule has 114 valence electrons. The van der Waals surface area contributed by atoms with Crippen LogP contribution >= 0.6 is 23.5 Å². The van der Waals surface area contributed by atoms with Gasteiger partial charge in [-0.2, -0.15) is 11.8 Å². The fraction of sp³-hybridized carbons (Fsp3) is 0.846. The Balaban J connectivity index is 1.94. The van der Waals surface area contributed by atoms with Crippen molar-refractivity contribution >= 4 is 35.5 Å². The molecular weight excluding hydrogens is 296 g/mol. The van der Waals surface area contributed by atoms with Gasteiger partial charge in [-0.15, -0.1) is 11.8 Å². The third-order valence-corrected chi connectivity index (χ3v) is 6.00. The topological polar surface area (TPSA) is 69.6 Å². The van der Waals surface area contributed by atoms with Crippen LogP contribution in [0.5, 0.6) is 0 Å². The van der Waals surface area contributed by atoms with Crippen molar-refractivity contribution < 1.29 is 14.7 Å². The molecule has 1 saturated heterocycles. The molecule has 0 radical (unpaired) electrons. The fourth-order valence-corrected chi connectivity index (χ4v) is 4.73. The molecule has 2 aliphatic rings. The van der Waals surface area contributed by atoms with E-state index in [0.717, 1.165) is 18.6 Å². The van der Waals surface area contributed by atoms with Crippen LogP contribution in [0.25, 0.3) is 0 Å². The maximum absolute atomic E-state index is 12.3. The van der Waals surface area contributed by atoms with Crippen LogP contribution in [0.15, 0.2) is 0 Å². The summed E-state index contributed by atoms with van der Waals surface area (Å²) in [4.78, 5) is 25.2. The Morgan fingerprint density at radius 3 is 2.75 bits per heavy atom. The van der Waals surface area contributed by atoms with Crippen LogP contribution < -0.4 is 5.32 Å². The third kappa shape index (κ3) is 3.75. The first kappa shape index (κ1) is 15.8. The van der Waals surface area contributed by atoms with E-state index >= 15 is 0 Å². The van der Waals surface area contributed by atoms with E-state index in [-0.39, 0.29) is 11.4 Å². The number of rotatable bonds is 6. The lowest BCUT2D eigenvalue weighted by molar-refractivity contribution is -0.141. The van der Waals surface area contributed by atoms with Gasteiger partial charge in [0.25, 0.3) is 0 Å². The number of nitrogens with one attached hydrogen (secondary N) is 1. The molecule has 1 aliphatic heterocycles. The van der Waals surface area contributed by atoms with Crippen molar-refractivity contribution in [3.8, 4) is 0 Å². The summed E-state index contributed by atoms with van der Waals surface area (Å²) in [5.74, 6) is 1.48. The minimum absolute atomic E-state index is 0.0481. The van der Waals surface area contributed by atoms with Gasteiger partial charge in [0.05, 0.1) is 5.37 Å². The number of hydrogen-bond donors (Lipinski definition) is 2. The SMILES string of the molecule is CSCC(C)CNC(=O)N1C(C(=O)O)CSC1C1CC1. The predicted molar refractivity (Wildman–Crippen MR) is 83.2 cm³/mol. The molecule has 3 unspecified atom stereocenters. The van der Waals surface area contributed by atoms with Crippen LogP contribution in [-0.2, 0) is 4.79 Å². The monoisotopic (exact) mass is 318 g/mol. The molecule has 3 atom stereocenters. The number of hydrogen-bond acceptors (Lipinski definition) is 4. The Kier molecular flexibility index (Phi) is 5.49. The molecule has 2 fully saturated rings. The summed E-state index contributed by atoms with van der Waals surface area (Å²) in [7, 11) is 0. The van der Waals surface area contributed by atoms with Crippen LogP contribution in [0.3, 0.4) is 0 Å². The largest absolute Gasteiger partial charge is 0.480 e. The van der Waals surface area contributed by atoms with Gasteiger partial charge in [0.2, 0.25) is 0 Å². The van der Waals surface area contributed by atoms with E-state index in [2.05, 4.69) is 12.2 Å². The lowest BCUT2D eigenvalue weighted by atomic mass is 10.2. The summed E-state index contributed by atoms with van der Waals surface area (Å²) >= 11 is 3.36. The Hall–Kier alpha value is -0.560. The highest BCUT2D eigenvalue weighted by Crippen LogP contribution is 2.45. The van der Waals surface area contributed by atoms with Crippen molar-refractivity contribution in [1.29, 1.82) is 0 Å². The zero-order valence-corrected chi connectivity index (χ0v) is 13.5. The molecule has 7 heteroatoms. The summed E-state index contributed by atoms with van der Waals surface area (Å²) < 4.78 is 0. The maximum atomic E-state index is 12.3. The Labute approximate surface area is 128 Å².